The third kappa shape index (κ3) is 4.01. The van der Waals surface area contributed by atoms with Crippen LogP contribution in [0.25, 0.3) is 0 Å². The van der Waals surface area contributed by atoms with Crippen molar-refractivity contribution in [2.45, 2.75) is 37.9 Å². The van der Waals surface area contributed by atoms with Gasteiger partial charge < -0.3 is 11.1 Å². The van der Waals surface area contributed by atoms with Gasteiger partial charge in [0.05, 0.1) is 18.3 Å². The molecule has 2 rings (SSSR count). The molecule has 0 aromatic carbocycles. The summed E-state index contributed by atoms with van der Waals surface area (Å²) >= 11 is 0. The topological polar surface area (TPSA) is 71.2 Å². The number of nitrogens with zero attached hydrogens (tertiary/aromatic N) is 2. The van der Waals surface area contributed by atoms with E-state index in [4.69, 9.17) is 5.73 Å². The van der Waals surface area contributed by atoms with Gasteiger partial charge in [-0.2, -0.15) is 0 Å². The average Bonchev–Trinajstić information content (AvgIpc) is 3.13. The molecule has 0 aliphatic heterocycles. The molecule has 2 atom stereocenters. The molecule has 1 aromatic heterocycles. The summed E-state index contributed by atoms with van der Waals surface area (Å²) in [6.07, 6.45) is 3.96. The summed E-state index contributed by atoms with van der Waals surface area (Å²) in [4.78, 5) is 18.2. The van der Waals surface area contributed by atoms with E-state index >= 15 is 0 Å². The zero-order chi connectivity index (χ0) is 13.8. The fourth-order valence-corrected chi connectivity index (χ4v) is 2.27. The quantitative estimate of drug-likeness (QED) is 0.791. The molecule has 1 aliphatic rings. The van der Waals surface area contributed by atoms with E-state index < -0.39 is 0 Å². The number of carbonyl (C=O) groups excluding carboxylic acids is 1. The largest absolute Gasteiger partial charge is 0.352 e. The van der Waals surface area contributed by atoms with Gasteiger partial charge in [-0.25, -0.2) is 0 Å². The standard InChI is InChI=1S/C14H22N4O/c1-10(15)14(12-5-3-4-8-16-12)18(2)9-13(19)17-11-6-7-11/h3-5,8,10-11,14H,6-7,9,15H2,1-2H3,(H,17,19). The van der Waals surface area contributed by atoms with Crippen LogP contribution in [0.5, 0.6) is 0 Å². The summed E-state index contributed by atoms with van der Waals surface area (Å²) in [6.45, 7) is 2.29. The van der Waals surface area contributed by atoms with Crippen LogP contribution in [-0.2, 0) is 4.79 Å². The second kappa shape index (κ2) is 6.12. The number of likely N-dealkylation sites (N-methyl/N-ethyl adjacent to an activating group) is 1. The predicted octanol–water partition coefficient (Wildman–Crippen LogP) is 0.680. The van der Waals surface area contributed by atoms with E-state index in [1.165, 1.54) is 0 Å². The Balaban J connectivity index is 1.99. The lowest BCUT2D eigenvalue weighted by Gasteiger charge is -2.30. The third-order valence-electron chi connectivity index (χ3n) is 3.30. The monoisotopic (exact) mass is 262 g/mol. The van der Waals surface area contributed by atoms with Crippen LogP contribution in [0.2, 0.25) is 0 Å². The minimum Gasteiger partial charge on any atom is -0.352 e. The predicted molar refractivity (Wildman–Crippen MR) is 74.4 cm³/mol. The van der Waals surface area contributed by atoms with Crippen molar-refractivity contribution in [2.24, 2.45) is 5.73 Å². The molecule has 5 nitrogen and oxygen atoms in total. The Kier molecular flexibility index (Phi) is 4.50. The summed E-state index contributed by atoms with van der Waals surface area (Å²) in [7, 11) is 1.91. The molecule has 5 heteroatoms. The van der Waals surface area contributed by atoms with E-state index in [0.29, 0.717) is 12.6 Å². The number of nitrogens with one attached hydrogen (secondary N) is 1. The molecule has 104 valence electrons. The van der Waals surface area contributed by atoms with Crippen LogP contribution in [0.3, 0.4) is 0 Å². The van der Waals surface area contributed by atoms with Crippen molar-refractivity contribution in [1.29, 1.82) is 0 Å². The maximum Gasteiger partial charge on any atom is 0.234 e. The first-order chi connectivity index (χ1) is 9.08. The fraction of sp³-hybridized carbons (Fsp3) is 0.571. The van der Waals surface area contributed by atoms with E-state index in [-0.39, 0.29) is 18.0 Å². The molecule has 19 heavy (non-hydrogen) atoms. The summed E-state index contributed by atoms with van der Waals surface area (Å²) in [5.74, 6) is 0.0616. The van der Waals surface area contributed by atoms with Crippen molar-refractivity contribution in [3.63, 3.8) is 0 Å². The molecule has 1 heterocycles. The Hall–Kier alpha value is -1.46. The minimum atomic E-state index is -0.0892. The van der Waals surface area contributed by atoms with Gasteiger partial charge in [0, 0.05) is 18.3 Å². The van der Waals surface area contributed by atoms with Crippen LogP contribution in [0.4, 0.5) is 0 Å². The van der Waals surface area contributed by atoms with Crippen LogP contribution in [0.1, 0.15) is 31.5 Å². The smallest absolute Gasteiger partial charge is 0.234 e. The molecule has 1 saturated carbocycles. The maximum atomic E-state index is 11.8. The van der Waals surface area contributed by atoms with Gasteiger partial charge >= 0.3 is 0 Å². The number of hydrogen-bond donors (Lipinski definition) is 2. The molecule has 1 aliphatic carbocycles. The SMILES string of the molecule is CC(N)C(c1ccccn1)N(C)CC(=O)NC1CC1. The summed E-state index contributed by atoms with van der Waals surface area (Å²) in [6, 6.07) is 6.02. The number of rotatable bonds is 6. The first-order valence-corrected chi connectivity index (χ1v) is 6.74. The molecule has 0 radical (unpaired) electrons. The highest BCUT2D eigenvalue weighted by Crippen LogP contribution is 2.21. The highest BCUT2D eigenvalue weighted by Gasteiger charge is 2.27. The highest BCUT2D eigenvalue weighted by molar-refractivity contribution is 5.78. The molecule has 0 saturated heterocycles. The van der Waals surface area contributed by atoms with Gasteiger partial charge in [0.25, 0.3) is 0 Å². The zero-order valence-electron chi connectivity index (χ0n) is 11.5. The number of nitrogens with two attached hydrogens (primary N) is 1. The van der Waals surface area contributed by atoms with Gasteiger partial charge in [0.1, 0.15) is 0 Å². The summed E-state index contributed by atoms with van der Waals surface area (Å²) in [5.41, 5.74) is 6.95. The molecular weight excluding hydrogens is 240 g/mol. The van der Waals surface area contributed by atoms with Gasteiger partial charge in [-0.3, -0.25) is 14.7 Å². The first-order valence-electron chi connectivity index (χ1n) is 6.74. The number of aromatic nitrogens is 1. The van der Waals surface area contributed by atoms with Crippen LogP contribution < -0.4 is 11.1 Å². The Labute approximate surface area is 114 Å². The van der Waals surface area contributed by atoms with Crippen LogP contribution in [0.15, 0.2) is 24.4 Å². The van der Waals surface area contributed by atoms with Crippen molar-refractivity contribution in [3.05, 3.63) is 30.1 Å². The summed E-state index contributed by atoms with van der Waals surface area (Å²) in [5, 5.41) is 2.99. The van der Waals surface area contributed by atoms with Crippen LogP contribution >= 0.6 is 0 Å². The van der Waals surface area contributed by atoms with Crippen molar-refractivity contribution < 1.29 is 4.79 Å². The van der Waals surface area contributed by atoms with Gasteiger partial charge in [-0.1, -0.05) is 6.07 Å². The number of hydrogen-bond acceptors (Lipinski definition) is 4. The molecule has 1 fully saturated rings. The Morgan fingerprint density at radius 2 is 2.32 bits per heavy atom. The lowest BCUT2D eigenvalue weighted by atomic mass is 10.0. The van der Waals surface area contributed by atoms with Crippen LogP contribution in [0, 0.1) is 0 Å². The molecule has 2 unspecified atom stereocenters. The molecule has 0 spiro atoms. The first kappa shape index (κ1) is 14.0. The van der Waals surface area contributed by atoms with E-state index in [9.17, 15) is 4.79 Å². The van der Waals surface area contributed by atoms with E-state index in [0.717, 1.165) is 18.5 Å². The molecule has 1 amide bonds. The lowest BCUT2D eigenvalue weighted by molar-refractivity contribution is -0.122. The van der Waals surface area contributed by atoms with Crippen molar-refractivity contribution in [3.8, 4) is 0 Å². The minimum absolute atomic E-state index is 0.0499. The second-order valence-corrected chi connectivity index (χ2v) is 5.32. The average molecular weight is 262 g/mol. The van der Waals surface area contributed by atoms with Gasteiger partial charge in [-0.05, 0) is 38.9 Å². The van der Waals surface area contributed by atoms with Gasteiger partial charge in [0.2, 0.25) is 5.91 Å². The maximum absolute atomic E-state index is 11.8. The van der Waals surface area contributed by atoms with Gasteiger partial charge in [0.15, 0.2) is 0 Å². The normalized spacial score (nSPS) is 18.1. The van der Waals surface area contributed by atoms with E-state index in [1.54, 1.807) is 6.20 Å². The van der Waals surface area contributed by atoms with Crippen molar-refractivity contribution in [2.75, 3.05) is 13.6 Å². The summed E-state index contributed by atoms with van der Waals surface area (Å²) < 4.78 is 0. The van der Waals surface area contributed by atoms with Crippen molar-refractivity contribution in [1.82, 2.24) is 15.2 Å². The Morgan fingerprint density at radius 3 is 2.84 bits per heavy atom. The highest BCUT2D eigenvalue weighted by atomic mass is 16.2. The van der Waals surface area contributed by atoms with E-state index in [2.05, 4.69) is 10.3 Å². The fourth-order valence-electron chi connectivity index (χ4n) is 2.27. The molecule has 0 bridgehead atoms. The molecule has 1 aromatic rings. The van der Waals surface area contributed by atoms with Crippen LogP contribution in [-0.4, -0.2) is 41.5 Å². The number of carbonyl (C=O) groups is 1. The van der Waals surface area contributed by atoms with E-state index in [1.807, 2.05) is 37.1 Å². The van der Waals surface area contributed by atoms with Gasteiger partial charge in [-0.15, -0.1) is 0 Å². The van der Waals surface area contributed by atoms with Crippen molar-refractivity contribution >= 4 is 5.91 Å². The molecule has 3 N–H and O–H groups in total. The molecular formula is C14H22N4O. The third-order valence-corrected chi connectivity index (χ3v) is 3.30. The number of amides is 1. The number of pyridine rings is 1. The Bertz CT molecular complexity index is 417. The lowest BCUT2D eigenvalue weighted by Crippen LogP contribution is -2.43. The second-order valence-electron chi connectivity index (χ2n) is 5.32. The Morgan fingerprint density at radius 1 is 1.58 bits per heavy atom. The zero-order valence-corrected chi connectivity index (χ0v) is 11.5.